The first kappa shape index (κ1) is 16.9. The van der Waals surface area contributed by atoms with Gasteiger partial charge in [0.05, 0.1) is 16.9 Å². The molecule has 22 heavy (non-hydrogen) atoms. The first-order valence-corrected chi connectivity index (χ1v) is 9.36. The lowest BCUT2D eigenvalue weighted by atomic mass is 9.93. The minimum atomic E-state index is -3.11. The average Bonchev–Trinajstić information content (AvgIpc) is 2.48. The van der Waals surface area contributed by atoms with Crippen LogP contribution in [0.1, 0.15) is 36.8 Å². The standard InChI is InChI=1S/C16H21FN2O2S/c1-19(11-13-8-7-12(10-18)9-14(13)17)15-5-3-4-6-16(15)22(2,20)21/h7-9,15-16H,3-6,11H2,1-2H3/t15-,16-/m0/s1. The van der Waals surface area contributed by atoms with Crippen molar-refractivity contribution in [3.63, 3.8) is 0 Å². The molecule has 0 bridgehead atoms. The van der Waals surface area contributed by atoms with Crippen molar-refractivity contribution in [3.05, 3.63) is 35.1 Å². The molecular formula is C16H21FN2O2S. The molecule has 0 saturated heterocycles. The van der Waals surface area contributed by atoms with E-state index < -0.39 is 15.7 Å². The second-order valence-corrected chi connectivity index (χ2v) is 8.32. The maximum atomic E-state index is 14.0. The summed E-state index contributed by atoms with van der Waals surface area (Å²) in [6.07, 6.45) is 4.69. The number of nitrogens with zero attached hydrogens (tertiary/aromatic N) is 2. The number of hydrogen-bond donors (Lipinski definition) is 0. The van der Waals surface area contributed by atoms with Gasteiger partial charge in [0.2, 0.25) is 0 Å². The summed E-state index contributed by atoms with van der Waals surface area (Å²) in [5.41, 5.74) is 0.773. The Hall–Kier alpha value is -1.45. The van der Waals surface area contributed by atoms with E-state index in [-0.39, 0.29) is 16.9 Å². The Morgan fingerprint density at radius 1 is 1.36 bits per heavy atom. The van der Waals surface area contributed by atoms with Crippen molar-refractivity contribution < 1.29 is 12.8 Å². The maximum Gasteiger partial charge on any atom is 0.151 e. The fraction of sp³-hybridized carbons (Fsp3) is 0.562. The molecule has 0 N–H and O–H groups in total. The summed E-state index contributed by atoms with van der Waals surface area (Å²) in [7, 11) is -1.27. The molecule has 2 atom stereocenters. The van der Waals surface area contributed by atoms with Crippen LogP contribution in [0.25, 0.3) is 0 Å². The molecule has 4 nitrogen and oxygen atoms in total. The number of rotatable bonds is 4. The van der Waals surface area contributed by atoms with Crippen LogP contribution in [0.5, 0.6) is 0 Å². The topological polar surface area (TPSA) is 61.2 Å². The van der Waals surface area contributed by atoms with Crippen molar-refractivity contribution in [1.82, 2.24) is 4.90 Å². The summed E-state index contributed by atoms with van der Waals surface area (Å²) in [5.74, 6) is -0.419. The van der Waals surface area contributed by atoms with Gasteiger partial charge in [0.25, 0.3) is 0 Å². The van der Waals surface area contributed by atoms with Gasteiger partial charge in [0.1, 0.15) is 5.82 Å². The van der Waals surface area contributed by atoms with Crippen LogP contribution in [-0.4, -0.2) is 37.9 Å². The zero-order chi connectivity index (χ0) is 16.3. The van der Waals surface area contributed by atoms with Crippen molar-refractivity contribution in [2.75, 3.05) is 13.3 Å². The van der Waals surface area contributed by atoms with Gasteiger partial charge < -0.3 is 0 Å². The van der Waals surface area contributed by atoms with Crippen LogP contribution < -0.4 is 0 Å². The first-order chi connectivity index (χ1) is 10.3. The third-order valence-corrected chi connectivity index (χ3v) is 6.04. The molecule has 1 aliphatic rings. The quantitative estimate of drug-likeness (QED) is 0.854. The van der Waals surface area contributed by atoms with Crippen LogP contribution in [0, 0.1) is 17.1 Å². The van der Waals surface area contributed by atoms with Crippen molar-refractivity contribution in [2.45, 2.75) is 43.5 Å². The number of sulfone groups is 1. The molecule has 0 spiro atoms. The Morgan fingerprint density at radius 3 is 2.64 bits per heavy atom. The van der Waals surface area contributed by atoms with Gasteiger partial charge in [-0.3, -0.25) is 4.90 Å². The summed E-state index contributed by atoms with van der Waals surface area (Å²) in [5, 5.41) is 8.39. The van der Waals surface area contributed by atoms with E-state index in [9.17, 15) is 12.8 Å². The third kappa shape index (κ3) is 3.84. The fourth-order valence-electron chi connectivity index (χ4n) is 3.21. The average molecular weight is 324 g/mol. The molecule has 0 radical (unpaired) electrons. The second kappa shape index (κ2) is 6.76. The molecule has 0 aliphatic heterocycles. The van der Waals surface area contributed by atoms with E-state index in [1.807, 2.05) is 18.0 Å². The van der Waals surface area contributed by atoms with Gasteiger partial charge in [-0.25, -0.2) is 12.8 Å². The van der Waals surface area contributed by atoms with E-state index in [1.54, 1.807) is 12.1 Å². The highest BCUT2D eigenvalue weighted by Gasteiger charge is 2.35. The normalized spacial score (nSPS) is 22.5. The minimum absolute atomic E-state index is 0.0845. The summed E-state index contributed by atoms with van der Waals surface area (Å²) in [6.45, 7) is 0.341. The monoisotopic (exact) mass is 324 g/mol. The van der Waals surface area contributed by atoms with Crippen LogP contribution >= 0.6 is 0 Å². The molecule has 1 aliphatic carbocycles. The lowest BCUT2D eigenvalue weighted by Gasteiger charge is -2.37. The first-order valence-electron chi connectivity index (χ1n) is 7.40. The van der Waals surface area contributed by atoms with E-state index in [0.29, 0.717) is 18.5 Å². The molecule has 120 valence electrons. The van der Waals surface area contributed by atoms with Gasteiger partial charge in [-0.15, -0.1) is 0 Å². The number of benzene rings is 1. The number of nitriles is 1. The molecular weight excluding hydrogens is 303 g/mol. The van der Waals surface area contributed by atoms with Crippen molar-refractivity contribution >= 4 is 9.84 Å². The Bertz CT molecular complexity index is 682. The molecule has 1 fully saturated rings. The Kier molecular flexibility index (Phi) is 5.20. The molecule has 6 heteroatoms. The molecule has 1 aromatic rings. The maximum absolute atomic E-state index is 14.0. The minimum Gasteiger partial charge on any atom is -0.298 e. The van der Waals surface area contributed by atoms with Gasteiger partial charge in [0, 0.05) is 24.4 Å². The summed E-state index contributed by atoms with van der Waals surface area (Å²) in [6, 6.07) is 6.23. The predicted molar refractivity (Wildman–Crippen MR) is 83.5 cm³/mol. The fourth-order valence-corrected chi connectivity index (χ4v) is 4.72. The molecule has 1 aromatic carbocycles. The summed E-state index contributed by atoms with van der Waals surface area (Å²) in [4.78, 5) is 1.93. The molecule has 0 amide bonds. The van der Waals surface area contributed by atoms with E-state index in [1.165, 1.54) is 12.3 Å². The van der Waals surface area contributed by atoms with E-state index in [0.717, 1.165) is 19.3 Å². The molecule has 0 aromatic heterocycles. The molecule has 0 heterocycles. The summed E-state index contributed by atoms with van der Waals surface area (Å²) >= 11 is 0. The molecule has 2 rings (SSSR count). The van der Waals surface area contributed by atoms with E-state index >= 15 is 0 Å². The Morgan fingerprint density at radius 2 is 2.05 bits per heavy atom. The Labute approximate surface area is 131 Å². The Balaban J connectivity index is 2.17. The van der Waals surface area contributed by atoms with Gasteiger partial charge >= 0.3 is 0 Å². The highest BCUT2D eigenvalue weighted by molar-refractivity contribution is 7.91. The predicted octanol–water partition coefficient (Wildman–Crippen LogP) is 2.48. The van der Waals surface area contributed by atoms with Crippen LogP contribution in [-0.2, 0) is 16.4 Å². The van der Waals surface area contributed by atoms with Crippen molar-refractivity contribution in [2.24, 2.45) is 0 Å². The lowest BCUT2D eigenvalue weighted by Crippen LogP contribution is -2.46. The zero-order valence-electron chi connectivity index (χ0n) is 12.9. The largest absolute Gasteiger partial charge is 0.298 e. The zero-order valence-corrected chi connectivity index (χ0v) is 13.7. The third-order valence-electron chi connectivity index (χ3n) is 4.39. The second-order valence-electron chi connectivity index (χ2n) is 6.05. The smallest absolute Gasteiger partial charge is 0.151 e. The highest BCUT2D eigenvalue weighted by atomic mass is 32.2. The number of halogens is 1. The lowest BCUT2D eigenvalue weighted by molar-refractivity contribution is 0.185. The van der Waals surface area contributed by atoms with Crippen LogP contribution in [0.3, 0.4) is 0 Å². The van der Waals surface area contributed by atoms with Gasteiger partial charge in [-0.05, 0) is 32.0 Å². The van der Waals surface area contributed by atoms with Crippen LogP contribution in [0.4, 0.5) is 4.39 Å². The van der Waals surface area contributed by atoms with Gasteiger partial charge in [0.15, 0.2) is 9.84 Å². The molecule has 1 saturated carbocycles. The van der Waals surface area contributed by atoms with Crippen molar-refractivity contribution in [3.8, 4) is 6.07 Å². The van der Waals surface area contributed by atoms with Crippen LogP contribution in [0.2, 0.25) is 0 Å². The van der Waals surface area contributed by atoms with Crippen LogP contribution in [0.15, 0.2) is 18.2 Å². The number of hydrogen-bond acceptors (Lipinski definition) is 4. The van der Waals surface area contributed by atoms with Gasteiger partial charge in [-0.2, -0.15) is 5.26 Å². The van der Waals surface area contributed by atoms with E-state index in [4.69, 9.17) is 5.26 Å². The SMILES string of the molecule is CN(Cc1ccc(C#N)cc1F)[C@H]1CCCC[C@@H]1S(C)(=O)=O. The van der Waals surface area contributed by atoms with Crippen molar-refractivity contribution in [1.29, 1.82) is 5.26 Å². The van der Waals surface area contributed by atoms with E-state index in [2.05, 4.69) is 0 Å². The van der Waals surface area contributed by atoms with Gasteiger partial charge in [-0.1, -0.05) is 18.9 Å². The highest BCUT2D eigenvalue weighted by Crippen LogP contribution is 2.28. The summed E-state index contributed by atoms with van der Waals surface area (Å²) < 4.78 is 37.9. The molecule has 0 unspecified atom stereocenters.